The Morgan fingerprint density at radius 1 is 0.938 bits per heavy atom. The Labute approximate surface area is 189 Å². The molecule has 0 spiro atoms. The summed E-state index contributed by atoms with van der Waals surface area (Å²) < 4.78 is 38.2. The minimum absolute atomic E-state index is 0.00434. The van der Waals surface area contributed by atoms with E-state index in [2.05, 4.69) is 6.92 Å². The number of rotatable bonds is 5. The summed E-state index contributed by atoms with van der Waals surface area (Å²) in [6, 6.07) is 0. The van der Waals surface area contributed by atoms with Gasteiger partial charge in [-0.2, -0.15) is 8.78 Å². The molecule has 4 nitrogen and oxygen atoms in total. The second-order valence-electron chi connectivity index (χ2n) is 12.9. The van der Waals surface area contributed by atoms with Gasteiger partial charge in [0.1, 0.15) is 5.60 Å². The summed E-state index contributed by atoms with van der Waals surface area (Å²) in [5, 5.41) is 0. The molecule has 0 heterocycles. The zero-order chi connectivity index (χ0) is 22.5. The maximum atomic E-state index is 13.5. The summed E-state index contributed by atoms with van der Waals surface area (Å²) in [6.45, 7) is 2.96. The van der Waals surface area contributed by atoms with Crippen molar-refractivity contribution in [1.29, 1.82) is 0 Å². The Morgan fingerprint density at radius 2 is 1.62 bits per heavy atom. The molecule has 8 unspecified atom stereocenters. The highest BCUT2D eigenvalue weighted by molar-refractivity contribution is 5.77. The molecule has 7 aliphatic rings. The summed E-state index contributed by atoms with van der Waals surface area (Å²) in [4.78, 5) is 25.2. The quantitative estimate of drug-likeness (QED) is 0.528. The van der Waals surface area contributed by atoms with Crippen molar-refractivity contribution in [3.63, 3.8) is 0 Å². The average Bonchev–Trinajstić information content (AvgIpc) is 3.35. The van der Waals surface area contributed by atoms with Crippen LogP contribution in [0.5, 0.6) is 0 Å². The largest absolute Gasteiger partial charge is 0.461 e. The lowest BCUT2D eigenvalue weighted by molar-refractivity contribution is -0.218. The third-order valence-corrected chi connectivity index (χ3v) is 10.3. The number of hydrogen-bond acceptors (Lipinski definition) is 4. The molecular weight excluding hydrogens is 414 g/mol. The van der Waals surface area contributed by atoms with Gasteiger partial charge in [0.15, 0.2) is 0 Å². The van der Waals surface area contributed by atoms with Crippen molar-refractivity contribution in [2.75, 3.05) is 6.61 Å². The zero-order valence-corrected chi connectivity index (χ0v) is 19.3. The van der Waals surface area contributed by atoms with Gasteiger partial charge in [-0.25, -0.2) is 4.79 Å². The van der Waals surface area contributed by atoms with E-state index in [1.165, 1.54) is 19.3 Å². The number of carbonyl (C=O) groups is 2. The molecule has 0 aromatic rings. The number of hydrogen-bond donors (Lipinski definition) is 0. The highest BCUT2D eigenvalue weighted by Crippen LogP contribution is 2.65. The lowest BCUT2D eigenvalue weighted by atomic mass is 9.48. The Morgan fingerprint density at radius 3 is 2.31 bits per heavy atom. The van der Waals surface area contributed by atoms with Crippen LogP contribution in [-0.2, 0) is 19.1 Å². The molecule has 7 rings (SSSR count). The fraction of sp³-hybridized carbons (Fsp3) is 0.923. The fourth-order valence-electron chi connectivity index (χ4n) is 9.90. The second-order valence-corrected chi connectivity index (χ2v) is 12.9. The van der Waals surface area contributed by atoms with Crippen LogP contribution in [0.1, 0.15) is 78.1 Å². The molecule has 8 atom stereocenters. The molecule has 0 aliphatic heterocycles. The highest BCUT2D eigenvalue weighted by Gasteiger charge is 2.62. The maximum absolute atomic E-state index is 13.5. The predicted octanol–water partition coefficient (Wildman–Crippen LogP) is 5.39. The van der Waals surface area contributed by atoms with Gasteiger partial charge in [-0.1, -0.05) is 6.92 Å². The van der Waals surface area contributed by atoms with Crippen molar-refractivity contribution in [3.8, 4) is 0 Å². The molecule has 0 aromatic carbocycles. The van der Waals surface area contributed by atoms with Crippen LogP contribution in [0.4, 0.5) is 8.78 Å². The van der Waals surface area contributed by atoms with Crippen molar-refractivity contribution in [2.24, 2.45) is 52.8 Å². The van der Waals surface area contributed by atoms with E-state index in [-0.39, 0.29) is 23.9 Å². The third kappa shape index (κ3) is 3.33. The van der Waals surface area contributed by atoms with E-state index in [0.29, 0.717) is 42.9 Å². The summed E-state index contributed by atoms with van der Waals surface area (Å²) in [6.07, 6.45) is 10.1. The van der Waals surface area contributed by atoms with E-state index in [1.807, 2.05) is 0 Å². The lowest BCUT2D eigenvalue weighted by Gasteiger charge is -2.61. The predicted molar refractivity (Wildman–Crippen MR) is 113 cm³/mol. The summed E-state index contributed by atoms with van der Waals surface area (Å²) in [5.41, 5.74) is -0.793. The fourth-order valence-corrected chi connectivity index (χ4v) is 9.90. The first-order chi connectivity index (χ1) is 15.0. The van der Waals surface area contributed by atoms with Gasteiger partial charge in [-0.15, -0.1) is 0 Å². The van der Waals surface area contributed by atoms with Gasteiger partial charge in [0.25, 0.3) is 0 Å². The van der Waals surface area contributed by atoms with E-state index in [0.717, 1.165) is 50.4 Å². The SMILES string of the molecule is CC1CC2C3CC(C(=O)OC45CC6CC(CC(COC(=O)C(C)(F)F)(C6)C4)C5)C(C3)C2C1. The zero-order valence-electron chi connectivity index (χ0n) is 19.3. The van der Waals surface area contributed by atoms with Gasteiger partial charge >= 0.3 is 17.9 Å². The van der Waals surface area contributed by atoms with Crippen molar-refractivity contribution in [2.45, 2.75) is 89.6 Å². The van der Waals surface area contributed by atoms with Crippen molar-refractivity contribution in [3.05, 3.63) is 0 Å². The van der Waals surface area contributed by atoms with Crippen LogP contribution in [0, 0.1) is 52.8 Å². The highest BCUT2D eigenvalue weighted by atomic mass is 19.3. The molecule has 32 heavy (non-hydrogen) atoms. The van der Waals surface area contributed by atoms with Crippen LogP contribution < -0.4 is 0 Å². The second kappa shape index (κ2) is 6.91. The number of ether oxygens (including phenoxy) is 2. The first kappa shape index (κ1) is 21.3. The summed E-state index contributed by atoms with van der Waals surface area (Å²) >= 11 is 0. The van der Waals surface area contributed by atoms with Crippen LogP contribution >= 0.6 is 0 Å². The minimum Gasteiger partial charge on any atom is -0.461 e. The standard InChI is InChI=1S/C26H36F2O4/c1-14-3-18-17-6-20(19(18)4-14)21(7-17)22(29)32-26-10-15-5-16(11-26)9-25(8-15,12-26)13-31-23(30)24(2,27)28/h14-21H,3-13H2,1-2H3. The van der Waals surface area contributed by atoms with E-state index >= 15 is 0 Å². The van der Waals surface area contributed by atoms with Crippen molar-refractivity contribution < 1.29 is 27.8 Å². The molecule has 6 heteroatoms. The van der Waals surface area contributed by atoms with Gasteiger partial charge < -0.3 is 9.47 Å². The molecule has 7 saturated carbocycles. The number of carbonyl (C=O) groups excluding carboxylic acids is 2. The van der Waals surface area contributed by atoms with Gasteiger partial charge in [0.2, 0.25) is 0 Å². The molecule has 6 bridgehead atoms. The van der Waals surface area contributed by atoms with Crippen molar-refractivity contribution in [1.82, 2.24) is 0 Å². The Hall–Kier alpha value is -1.20. The van der Waals surface area contributed by atoms with Crippen LogP contribution in [0.25, 0.3) is 0 Å². The molecule has 178 valence electrons. The number of esters is 2. The molecule has 0 amide bonds. The number of halogens is 2. The van der Waals surface area contributed by atoms with Gasteiger partial charge in [-0.3, -0.25) is 4.79 Å². The van der Waals surface area contributed by atoms with Crippen LogP contribution in [0.3, 0.4) is 0 Å². The topological polar surface area (TPSA) is 52.6 Å². The minimum atomic E-state index is -3.47. The first-order valence-electron chi connectivity index (χ1n) is 12.8. The van der Waals surface area contributed by atoms with E-state index in [1.54, 1.807) is 0 Å². The van der Waals surface area contributed by atoms with E-state index in [4.69, 9.17) is 9.47 Å². The van der Waals surface area contributed by atoms with Gasteiger partial charge in [-0.05, 0) is 106 Å². The normalized spacial score (nSPS) is 50.5. The Kier molecular flexibility index (Phi) is 4.61. The van der Waals surface area contributed by atoms with E-state index < -0.39 is 17.5 Å². The van der Waals surface area contributed by atoms with E-state index in [9.17, 15) is 18.4 Å². The van der Waals surface area contributed by atoms with Crippen molar-refractivity contribution >= 4 is 11.9 Å². The molecule has 7 aliphatic carbocycles. The summed E-state index contributed by atoms with van der Waals surface area (Å²) in [7, 11) is 0. The smallest absolute Gasteiger partial charge is 0.376 e. The van der Waals surface area contributed by atoms with Gasteiger partial charge in [0, 0.05) is 12.3 Å². The first-order valence-corrected chi connectivity index (χ1v) is 12.8. The van der Waals surface area contributed by atoms with Crippen LogP contribution in [-0.4, -0.2) is 30.1 Å². The Bertz CT molecular complexity index is 805. The van der Waals surface area contributed by atoms with Crippen LogP contribution in [0.15, 0.2) is 0 Å². The molecule has 0 N–H and O–H groups in total. The molecule has 0 radical (unpaired) electrons. The van der Waals surface area contributed by atoms with Gasteiger partial charge in [0.05, 0.1) is 12.5 Å². The third-order valence-electron chi connectivity index (χ3n) is 10.3. The number of fused-ring (bicyclic) bond motifs is 5. The molecule has 7 fully saturated rings. The molecule has 0 saturated heterocycles. The molecule has 0 aromatic heterocycles. The monoisotopic (exact) mass is 450 g/mol. The van der Waals surface area contributed by atoms with Crippen LogP contribution in [0.2, 0.25) is 0 Å². The Balaban J connectivity index is 1.15. The maximum Gasteiger partial charge on any atom is 0.376 e. The summed E-state index contributed by atoms with van der Waals surface area (Å²) in [5.74, 6) is -0.473. The number of alkyl halides is 2. The lowest BCUT2D eigenvalue weighted by Crippen LogP contribution is -2.59. The molecular formula is C26H36F2O4. The average molecular weight is 451 g/mol.